The van der Waals surface area contributed by atoms with Crippen LogP contribution in [0.1, 0.15) is 16.8 Å². The van der Waals surface area contributed by atoms with Gasteiger partial charge in [-0.2, -0.15) is 0 Å². The average Bonchev–Trinajstić information content (AvgIpc) is 3.15. The third-order valence-corrected chi connectivity index (χ3v) is 3.97. The Hall–Kier alpha value is -2.80. The van der Waals surface area contributed by atoms with Gasteiger partial charge in [0.15, 0.2) is 11.5 Å². The highest BCUT2D eigenvalue weighted by molar-refractivity contribution is 6.04. The molecule has 1 aromatic carbocycles. The highest BCUT2D eigenvalue weighted by Crippen LogP contribution is 2.32. The average molecular weight is 342 g/mol. The molecule has 1 amide bonds. The third kappa shape index (κ3) is 3.66. The molecule has 3 heterocycles. The van der Waals surface area contributed by atoms with E-state index in [-0.39, 0.29) is 12.0 Å². The molecule has 0 unspecified atom stereocenters. The molecule has 1 fully saturated rings. The minimum atomic E-state index is -0.244. The lowest BCUT2D eigenvalue weighted by Crippen LogP contribution is -2.18. The number of benzene rings is 1. The van der Waals surface area contributed by atoms with Crippen molar-refractivity contribution in [3.8, 4) is 17.4 Å². The minimum absolute atomic E-state index is 0.0106. The highest BCUT2D eigenvalue weighted by Gasteiger charge is 2.19. The van der Waals surface area contributed by atoms with Gasteiger partial charge in [-0.25, -0.2) is 4.98 Å². The van der Waals surface area contributed by atoms with Crippen LogP contribution >= 0.6 is 0 Å². The van der Waals surface area contributed by atoms with Gasteiger partial charge < -0.3 is 24.3 Å². The number of nitrogens with one attached hydrogen (secondary N) is 1. The number of carbonyl (C=O) groups is 1. The van der Waals surface area contributed by atoms with Crippen LogP contribution in [0.25, 0.3) is 0 Å². The van der Waals surface area contributed by atoms with Crippen LogP contribution in [0, 0.1) is 0 Å². The van der Waals surface area contributed by atoms with E-state index in [4.69, 9.17) is 18.9 Å². The van der Waals surface area contributed by atoms with Crippen molar-refractivity contribution < 1.29 is 23.7 Å². The van der Waals surface area contributed by atoms with Gasteiger partial charge in [0.05, 0.1) is 13.2 Å². The van der Waals surface area contributed by atoms with Crippen LogP contribution in [0.4, 0.5) is 5.69 Å². The normalized spacial score (nSPS) is 18.6. The Kier molecular flexibility index (Phi) is 4.39. The quantitative estimate of drug-likeness (QED) is 0.918. The third-order valence-electron chi connectivity index (χ3n) is 3.97. The van der Waals surface area contributed by atoms with Gasteiger partial charge in [0.25, 0.3) is 5.91 Å². The molecule has 1 N–H and O–H groups in total. The van der Waals surface area contributed by atoms with Crippen LogP contribution in [-0.2, 0) is 4.74 Å². The Morgan fingerprint density at radius 1 is 1.12 bits per heavy atom. The first-order valence-corrected chi connectivity index (χ1v) is 8.19. The van der Waals surface area contributed by atoms with Gasteiger partial charge in [0.2, 0.25) is 5.88 Å². The van der Waals surface area contributed by atoms with Gasteiger partial charge >= 0.3 is 0 Å². The topological polar surface area (TPSA) is 78.9 Å². The molecular weight excluding hydrogens is 324 g/mol. The second kappa shape index (κ2) is 6.98. The number of hydrogen-bond acceptors (Lipinski definition) is 6. The van der Waals surface area contributed by atoms with Crippen LogP contribution < -0.4 is 19.5 Å². The van der Waals surface area contributed by atoms with Crippen molar-refractivity contribution in [2.75, 3.05) is 31.7 Å². The van der Waals surface area contributed by atoms with Crippen LogP contribution in [0.2, 0.25) is 0 Å². The zero-order valence-corrected chi connectivity index (χ0v) is 13.6. The number of nitrogens with zero attached hydrogens (tertiary/aromatic N) is 1. The summed E-state index contributed by atoms with van der Waals surface area (Å²) in [6, 6.07) is 8.59. The molecule has 0 bridgehead atoms. The summed E-state index contributed by atoms with van der Waals surface area (Å²) in [6.45, 7) is 2.27. The molecule has 1 atom stereocenters. The molecule has 2 aromatic rings. The largest absolute Gasteiger partial charge is 0.486 e. The zero-order valence-electron chi connectivity index (χ0n) is 13.6. The SMILES string of the molecule is O=C(Nc1ccc2c(c1)OCCO2)c1ccnc(O[C@@H]2CCOC2)c1. The number of ether oxygens (including phenoxy) is 4. The summed E-state index contributed by atoms with van der Waals surface area (Å²) in [5, 5.41) is 2.85. The fourth-order valence-electron chi connectivity index (χ4n) is 2.72. The molecule has 7 nitrogen and oxygen atoms in total. The summed E-state index contributed by atoms with van der Waals surface area (Å²) in [7, 11) is 0. The maximum atomic E-state index is 12.5. The number of amides is 1. The van der Waals surface area contributed by atoms with Crippen LogP contribution in [0.15, 0.2) is 36.5 Å². The molecule has 0 radical (unpaired) electrons. The molecule has 0 saturated carbocycles. The number of carbonyl (C=O) groups excluding carboxylic acids is 1. The van der Waals surface area contributed by atoms with Crippen molar-refractivity contribution in [3.63, 3.8) is 0 Å². The van der Waals surface area contributed by atoms with Crippen LogP contribution in [-0.4, -0.2) is 43.4 Å². The Balaban J connectivity index is 1.45. The number of pyridine rings is 1. The van der Waals surface area contributed by atoms with Crippen molar-refractivity contribution in [2.24, 2.45) is 0 Å². The Morgan fingerprint density at radius 3 is 2.84 bits per heavy atom. The van der Waals surface area contributed by atoms with Gasteiger partial charge in [0.1, 0.15) is 19.3 Å². The summed E-state index contributed by atoms with van der Waals surface area (Å²) < 4.78 is 22.0. The molecule has 2 aliphatic heterocycles. The molecule has 0 aliphatic carbocycles. The molecule has 2 aliphatic rings. The predicted octanol–water partition coefficient (Wildman–Crippen LogP) is 2.27. The predicted molar refractivity (Wildman–Crippen MR) is 89.5 cm³/mol. The van der Waals surface area contributed by atoms with E-state index in [0.29, 0.717) is 55.1 Å². The van der Waals surface area contributed by atoms with Gasteiger partial charge in [-0.15, -0.1) is 0 Å². The van der Waals surface area contributed by atoms with Gasteiger partial charge in [0, 0.05) is 36.0 Å². The minimum Gasteiger partial charge on any atom is -0.486 e. The number of fused-ring (bicyclic) bond motifs is 1. The molecule has 7 heteroatoms. The summed E-state index contributed by atoms with van der Waals surface area (Å²) in [4.78, 5) is 16.6. The lowest BCUT2D eigenvalue weighted by atomic mass is 10.2. The van der Waals surface area contributed by atoms with Crippen LogP contribution in [0.5, 0.6) is 17.4 Å². The van der Waals surface area contributed by atoms with Crippen molar-refractivity contribution >= 4 is 11.6 Å². The fourth-order valence-corrected chi connectivity index (χ4v) is 2.72. The van der Waals surface area contributed by atoms with E-state index in [2.05, 4.69) is 10.3 Å². The highest BCUT2D eigenvalue weighted by atomic mass is 16.6. The molecule has 130 valence electrons. The molecule has 1 aromatic heterocycles. The second-order valence-electron chi connectivity index (χ2n) is 5.80. The Morgan fingerprint density at radius 2 is 2.00 bits per heavy atom. The lowest BCUT2D eigenvalue weighted by molar-refractivity contribution is 0.102. The first-order chi connectivity index (χ1) is 12.3. The van der Waals surface area contributed by atoms with E-state index < -0.39 is 0 Å². The number of hydrogen-bond donors (Lipinski definition) is 1. The van der Waals surface area contributed by atoms with Gasteiger partial charge in [-0.05, 0) is 18.2 Å². The second-order valence-corrected chi connectivity index (χ2v) is 5.80. The first kappa shape index (κ1) is 15.7. The van der Waals surface area contributed by atoms with Crippen molar-refractivity contribution in [1.29, 1.82) is 0 Å². The molecule has 0 spiro atoms. The fraction of sp³-hybridized carbons (Fsp3) is 0.333. The molecule has 25 heavy (non-hydrogen) atoms. The monoisotopic (exact) mass is 342 g/mol. The van der Waals surface area contributed by atoms with Crippen molar-refractivity contribution in [3.05, 3.63) is 42.1 Å². The number of anilines is 1. The lowest BCUT2D eigenvalue weighted by Gasteiger charge is -2.19. The first-order valence-electron chi connectivity index (χ1n) is 8.19. The van der Waals surface area contributed by atoms with Gasteiger partial charge in [-0.3, -0.25) is 4.79 Å². The number of rotatable bonds is 4. The molecule has 1 saturated heterocycles. The zero-order chi connectivity index (χ0) is 17.1. The summed E-state index contributed by atoms with van der Waals surface area (Å²) in [5.41, 5.74) is 1.11. The Labute approximate surface area is 144 Å². The van der Waals surface area contributed by atoms with Gasteiger partial charge in [-0.1, -0.05) is 0 Å². The van der Waals surface area contributed by atoms with E-state index in [0.717, 1.165) is 6.42 Å². The van der Waals surface area contributed by atoms with E-state index in [9.17, 15) is 4.79 Å². The van der Waals surface area contributed by atoms with E-state index in [1.807, 2.05) is 0 Å². The summed E-state index contributed by atoms with van der Waals surface area (Å²) in [6.07, 6.45) is 2.38. The van der Waals surface area contributed by atoms with Crippen molar-refractivity contribution in [1.82, 2.24) is 4.98 Å². The summed E-state index contributed by atoms with van der Waals surface area (Å²) in [5.74, 6) is 1.49. The maximum Gasteiger partial charge on any atom is 0.255 e. The van der Waals surface area contributed by atoms with E-state index in [1.54, 1.807) is 36.5 Å². The molecular formula is C18H18N2O5. The molecule has 4 rings (SSSR count). The Bertz CT molecular complexity index is 774. The maximum absolute atomic E-state index is 12.5. The van der Waals surface area contributed by atoms with E-state index >= 15 is 0 Å². The van der Waals surface area contributed by atoms with Crippen molar-refractivity contribution in [2.45, 2.75) is 12.5 Å². The van der Waals surface area contributed by atoms with Crippen LogP contribution in [0.3, 0.4) is 0 Å². The summed E-state index contributed by atoms with van der Waals surface area (Å²) >= 11 is 0. The number of aromatic nitrogens is 1. The standard InChI is InChI=1S/C18H18N2O5/c21-18(20-13-1-2-15-16(10-13)24-8-7-23-15)12-3-5-19-17(9-12)25-14-4-6-22-11-14/h1-3,5,9-10,14H,4,6-8,11H2,(H,20,21)/t14-/m1/s1. The van der Waals surface area contributed by atoms with E-state index in [1.165, 1.54) is 0 Å². The smallest absolute Gasteiger partial charge is 0.255 e.